The molecule has 10 nitrogen and oxygen atoms in total. The second kappa shape index (κ2) is 12.8. The molecule has 2 heterocycles. The van der Waals surface area contributed by atoms with Crippen molar-refractivity contribution in [3.63, 3.8) is 0 Å². The fourth-order valence-electron chi connectivity index (χ4n) is 6.27. The van der Waals surface area contributed by atoms with E-state index < -0.39 is 5.60 Å². The molecule has 6 N–H and O–H groups in total. The van der Waals surface area contributed by atoms with Crippen LogP contribution in [0.4, 0.5) is 14.9 Å². The highest BCUT2D eigenvalue weighted by molar-refractivity contribution is 5.94. The van der Waals surface area contributed by atoms with Gasteiger partial charge in [0.05, 0.1) is 13.2 Å². The molecule has 2 aliphatic heterocycles. The van der Waals surface area contributed by atoms with E-state index in [1.807, 2.05) is 43.3 Å². The largest absolute Gasteiger partial charge is 0.494 e. The van der Waals surface area contributed by atoms with Crippen molar-refractivity contribution < 1.29 is 18.7 Å². The van der Waals surface area contributed by atoms with E-state index in [1.54, 1.807) is 4.90 Å². The number of ether oxygens (including phenoxy) is 2. The predicted octanol–water partition coefficient (Wildman–Crippen LogP) is 5.27. The first-order valence-electron chi connectivity index (χ1n) is 15.5. The lowest BCUT2D eigenvalue weighted by molar-refractivity contribution is -0.00111. The van der Waals surface area contributed by atoms with Gasteiger partial charge >= 0.3 is 6.09 Å². The molecule has 0 bridgehead atoms. The Balaban J connectivity index is 1.10. The number of piperidine rings is 1. The van der Waals surface area contributed by atoms with Crippen molar-refractivity contribution in [1.29, 1.82) is 10.8 Å². The van der Waals surface area contributed by atoms with Gasteiger partial charge in [0.2, 0.25) is 0 Å². The zero-order valence-electron chi connectivity index (χ0n) is 25.5. The Morgan fingerprint density at radius 3 is 2.44 bits per heavy atom. The van der Waals surface area contributed by atoms with Crippen molar-refractivity contribution in [2.24, 2.45) is 5.73 Å². The number of nitrogens with two attached hydrogens (primary N) is 1. The number of rotatable bonds is 9. The first-order chi connectivity index (χ1) is 21.7. The van der Waals surface area contributed by atoms with Crippen molar-refractivity contribution in [2.75, 3.05) is 31.1 Å². The molecule has 0 radical (unpaired) electrons. The van der Waals surface area contributed by atoms with E-state index in [9.17, 15) is 9.18 Å². The first kappa shape index (κ1) is 30.4. The highest BCUT2D eigenvalue weighted by atomic mass is 19.1. The SMILES string of the molecule is CCOc1cc(-c2ccc(F)cc2)c(C2CC2)cc1CN1CCC2(CC1)CN(c1ccc(CNC(=N)NC(=N)N)cc1)C(=O)O2. The maximum atomic E-state index is 13.7. The van der Waals surface area contributed by atoms with Gasteiger partial charge in [-0.1, -0.05) is 24.3 Å². The molecule has 0 aromatic heterocycles. The van der Waals surface area contributed by atoms with Crippen LogP contribution in [0.1, 0.15) is 55.2 Å². The van der Waals surface area contributed by atoms with Crippen LogP contribution < -0.4 is 26.0 Å². The van der Waals surface area contributed by atoms with Crippen molar-refractivity contribution in [3.05, 3.63) is 83.2 Å². The molecule has 3 aliphatic rings. The summed E-state index contributed by atoms with van der Waals surface area (Å²) in [7, 11) is 0. The summed E-state index contributed by atoms with van der Waals surface area (Å²) in [6.07, 6.45) is 3.49. The molecule has 1 spiro atoms. The number of carbonyl (C=O) groups is 1. The molecular weight excluding hydrogens is 573 g/mol. The Morgan fingerprint density at radius 1 is 1.09 bits per heavy atom. The molecule has 1 aliphatic carbocycles. The van der Waals surface area contributed by atoms with Crippen LogP contribution in [-0.2, 0) is 17.8 Å². The standard InChI is InChI=1S/C34H40FN7O3/c1-2-44-30-18-29(24-7-9-26(35)10-8-24)28(23-5-6-23)17-25(30)20-41-15-13-34(14-16-41)21-42(33(43)45-34)27-11-3-22(4-12-27)19-39-32(38)40-31(36)37/h3-4,7-12,17-18,23H,2,5-6,13-16,19-21H2,1H3,(H6,36,37,38,39,40). The minimum atomic E-state index is -0.518. The fourth-order valence-corrected chi connectivity index (χ4v) is 6.27. The van der Waals surface area contributed by atoms with Crippen LogP contribution >= 0.6 is 0 Å². The van der Waals surface area contributed by atoms with E-state index in [1.165, 1.54) is 30.5 Å². The highest BCUT2D eigenvalue weighted by Crippen LogP contribution is 2.47. The van der Waals surface area contributed by atoms with Gasteiger partial charge in [-0.25, -0.2) is 9.18 Å². The molecule has 45 heavy (non-hydrogen) atoms. The molecule has 0 unspecified atom stereocenters. The van der Waals surface area contributed by atoms with Crippen molar-refractivity contribution in [3.8, 4) is 16.9 Å². The molecule has 6 rings (SSSR count). The van der Waals surface area contributed by atoms with Gasteiger partial charge in [-0.05, 0) is 84.3 Å². The number of nitrogens with one attached hydrogen (secondary N) is 4. The third-order valence-corrected chi connectivity index (χ3v) is 8.81. The molecular formula is C34H40FN7O3. The monoisotopic (exact) mass is 613 g/mol. The van der Waals surface area contributed by atoms with E-state index in [4.69, 9.17) is 26.0 Å². The Hall–Kier alpha value is -4.64. The third kappa shape index (κ3) is 7.04. The Kier molecular flexibility index (Phi) is 8.62. The van der Waals surface area contributed by atoms with Crippen LogP contribution in [0, 0.1) is 16.6 Å². The van der Waals surface area contributed by atoms with E-state index in [2.05, 4.69) is 27.7 Å². The molecule has 3 aromatic carbocycles. The number of amides is 1. The Labute approximate surface area is 262 Å². The molecule has 0 atom stereocenters. The molecule has 3 aromatic rings. The molecule has 1 amide bonds. The first-order valence-corrected chi connectivity index (χ1v) is 15.5. The zero-order valence-corrected chi connectivity index (χ0v) is 25.5. The number of carbonyl (C=O) groups excluding carboxylic acids is 1. The lowest BCUT2D eigenvalue weighted by Gasteiger charge is -2.37. The minimum Gasteiger partial charge on any atom is -0.494 e. The van der Waals surface area contributed by atoms with Crippen LogP contribution in [0.2, 0.25) is 0 Å². The maximum Gasteiger partial charge on any atom is 0.415 e. The Bertz CT molecular complexity index is 1570. The van der Waals surface area contributed by atoms with E-state index >= 15 is 0 Å². The minimum absolute atomic E-state index is 0.0533. The highest BCUT2D eigenvalue weighted by Gasteiger charge is 2.47. The number of guanidine groups is 2. The van der Waals surface area contributed by atoms with Crippen molar-refractivity contribution in [2.45, 2.75) is 57.2 Å². The van der Waals surface area contributed by atoms with Gasteiger partial charge in [-0.3, -0.25) is 25.9 Å². The van der Waals surface area contributed by atoms with Gasteiger partial charge in [0.25, 0.3) is 0 Å². The number of hydrogen-bond acceptors (Lipinski definition) is 6. The topological polar surface area (TPSA) is 140 Å². The van der Waals surface area contributed by atoms with Gasteiger partial charge in [0.15, 0.2) is 11.9 Å². The Morgan fingerprint density at radius 2 is 1.80 bits per heavy atom. The lowest BCUT2D eigenvalue weighted by atomic mass is 9.90. The summed E-state index contributed by atoms with van der Waals surface area (Å²) in [6.45, 7) is 5.80. The number of nitrogens with zero attached hydrogens (tertiary/aromatic N) is 2. The van der Waals surface area contributed by atoms with Crippen molar-refractivity contribution >= 4 is 23.7 Å². The van der Waals surface area contributed by atoms with E-state index in [-0.39, 0.29) is 23.8 Å². The third-order valence-electron chi connectivity index (χ3n) is 8.81. The fraction of sp³-hybridized carbons (Fsp3) is 0.382. The van der Waals surface area contributed by atoms with Crippen molar-refractivity contribution in [1.82, 2.24) is 15.5 Å². The summed E-state index contributed by atoms with van der Waals surface area (Å²) >= 11 is 0. The summed E-state index contributed by atoms with van der Waals surface area (Å²) in [5.74, 6) is 0.797. The van der Waals surface area contributed by atoms with Crippen LogP contribution in [0.25, 0.3) is 11.1 Å². The normalized spacial score (nSPS) is 17.6. The van der Waals surface area contributed by atoms with Crippen LogP contribution in [0.5, 0.6) is 5.75 Å². The van der Waals surface area contributed by atoms with E-state index in [0.29, 0.717) is 25.6 Å². The summed E-state index contributed by atoms with van der Waals surface area (Å²) in [4.78, 5) is 17.1. The summed E-state index contributed by atoms with van der Waals surface area (Å²) < 4.78 is 25.8. The van der Waals surface area contributed by atoms with Crippen LogP contribution in [-0.4, -0.2) is 54.8 Å². The van der Waals surface area contributed by atoms with Gasteiger partial charge in [-0.15, -0.1) is 0 Å². The number of anilines is 1. The van der Waals surface area contributed by atoms with Gasteiger partial charge in [0.1, 0.15) is 17.2 Å². The van der Waals surface area contributed by atoms with Crippen LogP contribution in [0.3, 0.4) is 0 Å². The summed E-state index contributed by atoms with van der Waals surface area (Å²) in [6, 6.07) is 18.7. The number of benzene rings is 3. The number of hydrogen-bond donors (Lipinski definition) is 5. The smallest absolute Gasteiger partial charge is 0.415 e. The zero-order chi connectivity index (χ0) is 31.6. The average molecular weight is 614 g/mol. The predicted molar refractivity (Wildman–Crippen MR) is 172 cm³/mol. The maximum absolute atomic E-state index is 13.7. The average Bonchev–Trinajstić information content (AvgIpc) is 3.82. The number of halogens is 1. The summed E-state index contributed by atoms with van der Waals surface area (Å²) in [5, 5.41) is 20.2. The lowest BCUT2D eigenvalue weighted by Crippen LogP contribution is -2.46. The second-order valence-corrected chi connectivity index (χ2v) is 12.1. The van der Waals surface area contributed by atoms with Gasteiger partial charge in [0, 0.05) is 50.3 Å². The number of likely N-dealkylation sites (tertiary alicyclic amines) is 1. The second-order valence-electron chi connectivity index (χ2n) is 12.1. The quantitative estimate of drug-likeness (QED) is 0.164. The molecule has 2 saturated heterocycles. The van der Waals surface area contributed by atoms with Gasteiger partial charge < -0.3 is 20.5 Å². The molecule has 11 heteroatoms. The molecule has 3 fully saturated rings. The molecule has 1 saturated carbocycles. The van der Waals surface area contributed by atoms with E-state index in [0.717, 1.165) is 66.2 Å². The molecule has 236 valence electrons. The van der Waals surface area contributed by atoms with Gasteiger partial charge in [-0.2, -0.15) is 0 Å². The van der Waals surface area contributed by atoms with Crippen LogP contribution in [0.15, 0.2) is 60.7 Å². The summed E-state index contributed by atoms with van der Waals surface area (Å²) in [5.41, 5.74) is 11.0.